The minimum Gasteiger partial charge on any atom is -0.480 e. The average molecular weight is 882 g/mol. The number of hydrogen-bond donors (Lipinski definition) is 3. The molecular formula is C49H88NO10P. The first-order chi connectivity index (χ1) is 29.6. The molecule has 0 spiro atoms. The molecule has 0 radical (unpaired) electrons. The molecule has 0 fully saturated rings. The Morgan fingerprint density at radius 3 is 1.36 bits per heavy atom. The summed E-state index contributed by atoms with van der Waals surface area (Å²) in [6, 6.07) is -1.53. The summed E-state index contributed by atoms with van der Waals surface area (Å²) in [4.78, 5) is 46.1. The molecule has 0 aliphatic carbocycles. The Labute approximate surface area is 371 Å². The molecule has 0 heterocycles. The average Bonchev–Trinajstić information content (AvgIpc) is 3.24. The molecule has 0 bridgehead atoms. The summed E-state index contributed by atoms with van der Waals surface area (Å²) in [5, 5.41) is 8.91. The number of nitrogens with two attached hydrogens (primary N) is 1. The Balaban J connectivity index is 4.32. The van der Waals surface area contributed by atoms with Crippen LogP contribution >= 0.6 is 7.82 Å². The van der Waals surface area contributed by atoms with Gasteiger partial charge in [-0.15, -0.1) is 0 Å². The number of carboxylic acid groups (broad SMARTS) is 1. The van der Waals surface area contributed by atoms with E-state index in [0.717, 1.165) is 64.2 Å². The van der Waals surface area contributed by atoms with E-state index in [9.17, 15) is 23.8 Å². The highest BCUT2D eigenvalue weighted by Crippen LogP contribution is 2.43. The lowest BCUT2D eigenvalue weighted by Crippen LogP contribution is -2.34. The van der Waals surface area contributed by atoms with E-state index in [1.165, 1.54) is 109 Å². The van der Waals surface area contributed by atoms with Crippen molar-refractivity contribution in [3.05, 3.63) is 48.6 Å². The molecule has 4 N–H and O–H groups in total. The molecule has 0 aromatic carbocycles. The van der Waals surface area contributed by atoms with Crippen LogP contribution in [0.3, 0.4) is 0 Å². The number of hydrogen-bond acceptors (Lipinski definition) is 9. The third-order valence-corrected chi connectivity index (χ3v) is 11.3. The quantitative estimate of drug-likeness (QED) is 0.0230. The summed E-state index contributed by atoms with van der Waals surface area (Å²) >= 11 is 0. The Morgan fingerprint density at radius 1 is 0.508 bits per heavy atom. The van der Waals surface area contributed by atoms with E-state index in [1.54, 1.807) is 0 Å². The number of phosphoric ester groups is 1. The SMILES string of the molecule is CCC/C=C/C/C=C/C/C=C/C/C=C/CCCCCC(=O)OC[C@H](COP(=O)(O)OC[C@H](N)C(=O)O)OC(=O)CCCCCCCCCCCCCCCCCCCCCC. The lowest BCUT2D eigenvalue weighted by atomic mass is 10.0. The Bertz CT molecular complexity index is 1220. The number of carbonyl (C=O) groups is 3. The van der Waals surface area contributed by atoms with Gasteiger partial charge in [0.2, 0.25) is 0 Å². The number of aliphatic carboxylic acids is 1. The number of rotatable bonds is 45. The van der Waals surface area contributed by atoms with Crippen LogP contribution in [-0.4, -0.2) is 59.9 Å². The lowest BCUT2D eigenvalue weighted by molar-refractivity contribution is -0.161. The molecule has 0 rings (SSSR count). The molecule has 354 valence electrons. The molecule has 61 heavy (non-hydrogen) atoms. The third-order valence-electron chi connectivity index (χ3n) is 10.3. The fraction of sp³-hybridized carbons (Fsp3) is 0.776. The van der Waals surface area contributed by atoms with Crippen LogP contribution in [0, 0.1) is 0 Å². The summed E-state index contributed by atoms with van der Waals surface area (Å²) in [6.45, 7) is 2.73. The highest BCUT2D eigenvalue weighted by molar-refractivity contribution is 7.47. The topological polar surface area (TPSA) is 172 Å². The number of ether oxygens (including phenoxy) is 2. The molecule has 0 saturated carbocycles. The summed E-state index contributed by atoms with van der Waals surface area (Å²) in [6.07, 6.45) is 50.3. The Morgan fingerprint density at radius 2 is 0.902 bits per heavy atom. The van der Waals surface area contributed by atoms with Gasteiger partial charge in [0, 0.05) is 12.8 Å². The van der Waals surface area contributed by atoms with Crippen LogP contribution in [0.2, 0.25) is 0 Å². The summed E-state index contributed by atoms with van der Waals surface area (Å²) < 4.78 is 32.8. The molecule has 0 aromatic heterocycles. The van der Waals surface area contributed by atoms with E-state index < -0.39 is 51.1 Å². The summed E-state index contributed by atoms with van der Waals surface area (Å²) in [5.74, 6) is -2.41. The van der Waals surface area contributed by atoms with Crippen LogP contribution in [0.15, 0.2) is 48.6 Å². The monoisotopic (exact) mass is 882 g/mol. The van der Waals surface area contributed by atoms with Gasteiger partial charge in [0.15, 0.2) is 6.10 Å². The number of phosphoric acid groups is 1. The van der Waals surface area contributed by atoms with Gasteiger partial charge in [-0.2, -0.15) is 0 Å². The van der Waals surface area contributed by atoms with Gasteiger partial charge in [-0.25, -0.2) is 4.57 Å². The standard InChI is InChI=1S/C49H88NO10P/c1-3-5-7-9-11-13-15-17-19-21-22-23-25-27-29-31-33-35-37-39-41-48(52)60-45(43-58-61(55,56)59-44-46(50)49(53)54)42-57-47(51)40-38-36-34-32-30-28-26-24-20-18-16-14-12-10-8-6-4-2/h8,10,14,16,20,24,28,30,45-46H,3-7,9,11-13,15,17-19,21-23,25-27,29,31-44,50H2,1-2H3,(H,53,54)(H,55,56)/b10-8+,16-14+,24-20+,30-28+/t45-,46+/m1/s1. The first-order valence-electron chi connectivity index (χ1n) is 24.2. The van der Waals surface area contributed by atoms with Crippen molar-refractivity contribution in [1.29, 1.82) is 0 Å². The molecular weight excluding hydrogens is 794 g/mol. The summed E-state index contributed by atoms with van der Waals surface area (Å²) in [7, 11) is -4.73. The molecule has 0 amide bonds. The van der Waals surface area contributed by atoms with Crippen LogP contribution in [0.25, 0.3) is 0 Å². The first-order valence-corrected chi connectivity index (χ1v) is 25.7. The van der Waals surface area contributed by atoms with Crippen molar-refractivity contribution in [3.63, 3.8) is 0 Å². The first kappa shape index (κ1) is 58.4. The van der Waals surface area contributed by atoms with E-state index in [2.05, 4.69) is 67.0 Å². The number of unbranched alkanes of at least 4 members (excludes halogenated alkanes) is 23. The molecule has 0 aromatic rings. The normalized spacial score (nSPS) is 14.0. The van der Waals surface area contributed by atoms with Crippen LogP contribution < -0.4 is 5.73 Å². The lowest BCUT2D eigenvalue weighted by Gasteiger charge is -2.20. The zero-order valence-corrected chi connectivity index (χ0v) is 39.4. The predicted octanol–water partition coefficient (Wildman–Crippen LogP) is 13.3. The van der Waals surface area contributed by atoms with Gasteiger partial charge in [-0.3, -0.25) is 23.4 Å². The molecule has 11 nitrogen and oxygen atoms in total. The van der Waals surface area contributed by atoms with Crippen LogP contribution in [0.4, 0.5) is 0 Å². The molecule has 1 unspecified atom stereocenters. The Hall–Kier alpha value is -2.56. The zero-order chi connectivity index (χ0) is 44.9. The van der Waals surface area contributed by atoms with E-state index in [4.69, 9.17) is 24.8 Å². The van der Waals surface area contributed by atoms with Crippen molar-refractivity contribution in [2.45, 2.75) is 225 Å². The van der Waals surface area contributed by atoms with Gasteiger partial charge in [0.05, 0.1) is 13.2 Å². The van der Waals surface area contributed by atoms with Crippen LogP contribution in [0.5, 0.6) is 0 Å². The maximum atomic E-state index is 12.7. The van der Waals surface area contributed by atoms with Crippen molar-refractivity contribution in [1.82, 2.24) is 0 Å². The number of carbonyl (C=O) groups excluding carboxylic acids is 2. The van der Waals surface area contributed by atoms with E-state index >= 15 is 0 Å². The minimum absolute atomic E-state index is 0.156. The predicted molar refractivity (Wildman–Crippen MR) is 249 cm³/mol. The second kappa shape index (κ2) is 44.1. The molecule has 0 saturated heterocycles. The van der Waals surface area contributed by atoms with Crippen molar-refractivity contribution < 1.29 is 47.5 Å². The Kier molecular flexibility index (Phi) is 42.2. The number of allylic oxidation sites excluding steroid dienone is 8. The zero-order valence-electron chi connectivity index (χ0n) is 38.5. The maximum absolute atomic E-state index is 12.7. The van der Waals surface area contributed by atoms with Gasteiger partial charge in [-0.05, 0) is 51.4 Å². The number of esters is 2. The van der Waals surface area contributed by atoms with E-state index in [-0.39, 0.29) is 19.4 Å². The third kappa shape index (κ3) is 43.9. The second-order valence-electron chi connectivity index (χ2n) is 16.2. The van der Waals surface area contributed by atoms with Crippen molar-refractivity contribution in [3.8, 4) is 0 Å². The molecule has 3 atom stereocenters. The van der Waals surface area contributed by atoms with Gasteiger partial charge in [-0.1, -0.05) is 197 Å². The molecule has 12 heteroatoms. The van der Waals surface area contributed by atoms with E-state index in [1.807, 2.05) is 0 Å². The largest absolute Gasteiger partial charge is 0.480 e. The number of carboxylic acids is 1. The second-order valence-corrected chi connectivity index (χ2v) is 17.7. The van der Waals surface area contributed by atoms with Crippen LogP contribution in [-0.2, 0) is 37.5 Å². The maximum Gasteiger partial charge on any atom is 0.472 e. The fourth-order valence-electron chi connectivity index (χ4n) is 6.53. The van der Waals surface area contributed by atoms with Crippen molar-refractivity contribution in [2.75, 3.05) is 19.8 Å². The van der Waals surface area contributed by atoms with Gasteiger partial charge in [0.1, 0.15) is 12.6 Å². The van der Waals surface area contributed by atoms with Gasteiger partial charge >= 0.3 is 25.7 Å². The van der Waals surface area contributed by atoms with Crippen molar-refractivity contribution >= 4 is 25.7 Å². The fourth-order valence-corrected chi connectivity index (χ4v) is 7.31. The summed E-state index contributed by atoms with van der Waals surface area (Å²) in [5.41, 5.74) is 5.34. The van der Waals surface area contributed by atoms with Crippen LogP contribution in [0.1, 0.15) is 213 Å². The molecule has 0 aliphatic rings. The highest BCUT2D eigenvalue weighted by Gasteiger charge is 2.28. The highest BCUT2D eigenvalue weighted by atomic mass is 31.2. The van der Waals surface area contributed by atoms with Crippen molar-refractivity contribution in [2.24, 2.45) is 5.73 Å². The smallest absolute Gasteiger partial charge is 0.472 e. The van der Waals surface area contributed by atoms with E-state index in [0.29, 0.717) is 12.8 Å². The van der Waals surface area contributed by atoms with Gasteiger partial charge < -0.3 is 25.2 Å². The van der Waals surface area contributed by atoms with Gasteiger partial charge in [0.25, 0.3) is 0 Å². The molecule has 0 aliphatic heterocycles. The minimum atomic E-state index is -4.73.